The predicted molar refractivity (Wildman–Crippen MR) is 29.8 cm³/mol. The van der Waals surface area contributed by atoms with Crippen molar-refractivity contribution in [3.8, 4) is 0 Å². The van der Waals surface area contributed by atoms with E-state index in [-0.39, 0.29) is 12.2 Å². The molecule has 9 heavy (non-hydrogen) atoms. The summed E-state index contributed by atoms with van der Waals surface area (Å²) in [6.45, 7) is -0.951. The van der Waals surface area contributed by atoms with Gasteiger partial charge in [-0.25, -0.2) is 8.78 Å². The summed E-state index contributed by atoms with van der Waals surface area (Å²) in [4.78, 5) is 0. The zero-order chi connectivity index (χ0) is 6.69. The quantitative estimate of drug-likeness (QED) is 0.558. The lowest BCUT2D eigenvalue weighted by Gasteiger charge is -2.05. The van der Waals surface area contributed by atoms with E-state index in [0.717, 1.165) is 0 Å². The van der Waals surface area contributed by atoms with E-state index in [1.54, 1.807) is 0 Å². The highest BCUT2D eigenvalue weighted by Crippen LogP contribution is 2.19. The minimum atomic E-state index is -0.476. The summed E-state index contributed by atoms with van der Waals surface area (Å²) in [5.74, 6) is 0. The molecule has 3 heteroatoms. The molecule has 0 N–H and O–H groups in total. The Morgan fingerprint density at radius 2 is 1.56 bits per heavy atom. The highest BCUT2D eigenvalue weighted by atomic mass is 19.1. The zero-order valence-corrected chi connectivity index (χ0v) is 5.15. The number of rotatable bonds is 2. The van der Waals surface area contributed by atoms with Crippen molar-refractivity contribution < 1.29 is 13.5 Å². The van der Waals surface area contributed by atoms with Crippen molar-refractivity contribution in [3.05, 3.63) is 0 Å². The van der Waals surface area contributed by atoms with E-state index in [1.807, 2.05) is 0 Å². The van der Waals surface area contributed by atoms with Crippen LogP contribution in [0.25, 0.3) is 0 Å². The molecule has 54 valence electrons. The molecule has 1 heterocycles. The zero-order valence-electron chi connectivity index (χ0n) is 5.15. The predicted octanol–water partition coefficient (Wildman–Crippen LogP) is 1.47. The Labute approximate surface area is 53.0 Å². The molecule has 0 aromatic heterocycles. The number of hydrogen-bond donors (Lipinski definition) is 0. The van der Waals surface area contributed by atoms with E-state index in [0.29, 0.717) is 12.8 Å². The van der Waals surface area contributed by atoms with Gasteiger partial charge in [-0.3, -0.25) is 0 Å². The molecule has 0 amide bonds. The van der Waals surface area contributed by atoms with Crippen LogP contribution in [0.5, 0.6) is 0 Å². The summed E-state index contributed by atoms with van der Waals surface area (Å²) in [5, 5.41) is 0. The second kappa shape index (κ2) is 3.11. The van der Waals surface area contributed by atoms with Crippen LogP contribution in [-0.4, -0.2) is 25.6 Å². The summed E-state index contributed by atoms with van der Waals surface area (Å²) in [7, 11) is 0. The van der Waals surface area contributed by atoms with Crippen molar-refractivity contribution in [2.24, 2.45) is 0 Å². The van der Waals surface area contributed by atoms with Gasteiger partial charge in [0.2, 0.25) is 0 Å². The molecule has 1 nitrogen and oxygen atoms in total. The Hall–Kier alpha value is -0.180. The number of halogens is 2. The van der Waals surface area contributed by atoms with E-state index in [9.17, 15) is 8.78 Å². The maximum atomic E-state index is 11.8. The monoisotopic (exact) mass is 136 g/mol. The van der Waals surface area contributed by atoms with Crippen LogP contribution in [0.2, 0.25) is 0 Å². The second-order valence-electron chi connectivity index (χ2n) is 2.27. The number of alkyl halides is 2. The van der Waals surface area contributed by atoms with Gasteiger partial charge in [-0.05, 0) is 12.8 Å². The lowest BCUT2D eigenvalue weighted by atomic mass is 10.2. The van der Waals surface area contributed by atoms with Crippen molar-refractivity contribution in [2.45, 2.75) is 25.0 Å². The fraction of sp³-hybridized carbons (Fsp3) is 1.00. The van der Waals surface area contributed by atoms with Crippen LogP contribution in [0.4, 0.5) is 8.78 Å². The van der Waals surface area contributed by atoms with Gasteiger partial charge >= 0.3 is 0 Å². The van der Waals surface area contributed by atoms with E-state index in [2.05, 4.69) is 0 Å². The van der Waals surface area contributed by atoms with Gasteiger partial charge in [0, 0.05) is 0 Å². The minimum absolute atomic E-state index is 0.328. The average Bonchev–Trinajstić information content (AvgIpc) is 2.34. The molecule has 0 saturated carbocycles. The average molecular weight is 136 g/mol. The first kappa shape index (κ1) is 6.93. The van der Waals surface area contributed by atoms with Crippen LogP contribution < -0.4 is 0 Å². The molecular weight excluding hydrogens is 126 g/mol. The fourth-order valence-electron chi connectivity index (χ4n) is 1.01. The molecule has 0 aliphatic carbocycles. The lowest BCUT2D eigenvalue weighted by molar-refractivity contribution is 0.0192. The van der Waals surface area contributed by atoms with Crippen LogP contribution in [0.1, 0.15) is 12.8 Å². The van der Waals surface area contributed by atoms with E-state index in [4.69, 9.17) is 4.74 Å². The Kier molecular flexibility index (Phi) is 2.39. The maximum absolute atomic E-state index is 11.8. The molecule has 1 rings (SSSR count). The molecule has 1 fully saturated rings. The third-order valence-corrected chi connectivity index (χ3v) is 1.54. The molecule has 1 saturated heterocycles. The van der Waals surface area contributed by atoms with Gasteiger partial charge in [-0.15, -0.1) is 0 Å². The SMILES string of the molecule is FCC1CCC(CF)O1. The summed E-state index contributed by atoms with van der Waals surface area (Å²) < 4.78 is 28.4. The van der Waals surface area contributed by atoms with Crippen molar-refractivity contribution in [1.82, 2.24) is 0 Å². The van der Waals surface area contributed by atoms with Crippen molar-refractivity contribution in [3.63, 3.8) is 0 Å². The first-order chi connectivity index (χ1) is 4.36. The highest BCUT2D eigenvalue weighted by molar-refractivity contribution is 4.71. The maximum Gasteiger partial charge on any atom is 0.116 e. The van der Waals surface area contributed by atoms with Gasteiger partial charge < -0.3 is 4.74 Å². The molecule has 0 aromatic rings. The summed E-state index contributed by atoms with van der Waals surface area (Å²) in [6, 6.07) is 0. The molecule has 0 aromatic carbocycles. The van der Waals surface area contributed by atoms with E-state index >= 15 is 0 Å². The van der Waals surface area contributed by atoms with Gasteiger partial charge in [-0.1, -0.05) is 0 Å². The Balaban J connectivity index is 2.20. The Bertz CT molecular complexity index is 77.1. The topological polar surface area (TPSA) is 9.23 Å². The molecule has 2 atom stereocenters. The Morgan fingerprint density at radius 1 is 1.11 bits per heavy atom. The van der Waals surface area contributed by atoms with Gasteiger partial charge in [0.05, 0.1) is 12.2 Å². The van der Waals surface area contributed by atoms with Crippen LogP contribution >= 0.6 is 0 Å². The molecule has 0 radical (unpaired) electrons. The molecular formula is C6H10F2O. The first-order valence-corrected chi connectivity index (χ1v) is 3.14. The second-order valence-corrected chi connectivity index (χ2v) is 2.27. The van der Waals surface area contributed by atoms with Crippen molar-refractivity contribution in [1.29, 1.82) is 0 Å². The third kappa shape index (κ3) is 1.61. The fourth-order valence-corrected chi connectivity index (χ4v) is 1.01. The van der Waals surface area contributed by atoms with Crippen molar-refractivity contribution >= 4 is 0 Å². The molecule has 1 aliphatic rings. The number of hydrogen-bond acceptors (Lipinski definition) is 1. The van der Waals surface area contributed by atoms with Crippen molar-refractivity contribution in [2.75, 3.05) is 13.3 Å². The van der Waals surface area contributed by atoms with Gasteiger partial charge in [-0.2, -0.15) is 0 Å². The van der Waals surface area contributed by atoms with Gasteiger partial charge in [0.1, 0.15) is 13.3 Å². The molecule has 1 aliphatic heterocycles. The summed E-state index contributed by atoms with van der Waals surface area (Å²) in [6.07, 6.45) is 0.687. The van der Waals surface area contributed by atoms with E-state index < -0.39 is 13.3 Å². The van der Waals surface area contributed by atoms with Crippen LogP contribution in [0, 0.1) is 0 Å². The molecule has 0 spiro atoms. The normalized spacial score (nSPS) is 35.3. The smallest absolute Gasteiger partial charge is 0.116 e. The Morgan fingerprint density at radius 3 is 1.78 bits per heavy atom. The lowest BCUT2D eigenvalue weighted by Crippen LogP contribution is -2.13. The van der Waals surface area contributed by atoms with Gasteiger partial charge in [0.15, 0.2) is 0 Å². The standard InChI is InChI=1S/C6H10F2O/c7-3-5-1-2-6(4-8)9-5/h5-6H,1-4H2. The summed E-state index contributed by atoms with van der Waals surface area (Å²) in [5.41, 5.74) is 0. The minimum Gasteiger partial charge on any atom is -0.370 e. The van der Waals surface area contributed by atoms with Crippen LogP contribution in [0.15, 0.2) is 0 Å². The van der Waals surface area contributed by atoms with Crippen LogP contribution in [-0.2, 0) is 4.74 Å². The largest absolute Gasteiger partial charge is 0.370 e. The van der Waals surface area contributed by atoms with Crippen LogP contribution in [0.3, 0.4) is 0 Å². The third-order valence-electron chi connectivity index (χ3n) is 1.54. The molecule has 0 bridgehead atoms. The molecule has 2 unspecified atom stereocenters. The summed E-state index contributed by atoms with van der Waals surface area (Å²) >= 11 is 0. The first-order valence-electron chi connectivity index (χ1n) is 3.14. The van der Waals surface area contributed by atoms with E-state index in [1.165, 1.54) is 0 Å². The number of ether oxygens (including phenoxy) is 1. The highest BCUT2D eigenvalue weighted by Gasteiger charge is 2.24. The van der Waals surface area contributed by atoms with Gasteiger partial charge in [0.25, 0.3) is 0 Å².